The molecule has 3 unspecified atom stereocenters. The molecule has 1 N–H and O–H groups in total. The molecule has 0 aliphatic heterocycles. The minimum absolute atomic E-state index is 0.0262. The minimum atomic E-state index is -0.731. The van der Waals surface area contributed by atoms with Crippen molar-refractivity contribution < 1.29 is 14.6 Å². The van der Waals surface area contributed by atoms with Crippen LogP contribution in [0, 0.1) is 17.8 Å². The summed E-state index contributed by atoms with van der Waals surface area (Å²) in [4.78, 5) is 10.7. The van der Waals surface area contributed by atoms with E-state index in [1.807, 2.05) is 0 Å². The van der Waals surface area contributed by atoms with Crippen LogP contribution >= 0.6 is 0 Å². The van der Waals surface area contributed by atoms with E-state index in [0.717, 1.165) is 36.2 Å². The molecular weight excluding hydrogens is 312 g/mol. The van der Waals surface area contributed by atoms with Gasteiger partial charge < -0.3 is 9.84 Å². The molecule has 25 heavy (non-hydrogen) atoms. The molecule has 3 heteroatoms. The monoisotopic (exact) mass is 354 g/mol. The first-order valence-corrected chi connectivity index (χ1v) is 10.2. The molecule has 0 saturated carbocycles. The van der Waals surface area contributed by atoms with Crippen molar-refractivity contribution in [1.29, 1.82) is 0 Å². The Labute approximate surface area is 156 Å². The van der Waals surface area contributed by atoms with Crippen molar-refractivity contribution in [2.45, 2.75) is 98.5 Å². The molecule has 0 aromatic heterocycles. The summed E-state index contributed by atoms with van der Waals surface area (Å²) in [7, 11) is 0. The van der Waals surface area contributed by atoms with E-state index < -0.39 is 6.10 Å². The van der Waals surface area contributed by atoms with Gasteiger partial charge in [-0.2, -0.15) is 0 Å². The molecule has 0 amide bonds. The predicted octanol–water partition coefficient (Wildman–Crippen LogP) is 5.91. The van der Waals surface area contributed by atoms with Gasteiger partial charge in [-0.05, 0) is 36.2 Å². The Bertz CT molecular complexity index is 362. The highest BCUT2D eigenvalue weighted by molar-refractivity contribution is 5.65. The number of aliphatic hydroxyl groups is 1. The molecular formula is C22H42O3. The smallest absolute Gasteiger partial charge is 0.302 e. The fraction of sp³-hybridized carbons (Fsp3) is 0.864. The van der Waals surface area contributed by atoms with Crippen LogP contribution in [0.3, 0.4) is 0 Å². The van der Waals surface area contributed by atoms with E-state index in [1.165, 1.54) is 51.9 Å². The van der Waals surface area contributed by atoms with Crippen molar-refractivity contribution in [3.63, 3.8) is 0 Å². The van der Waals surface area contributed by atoms with Crippen molar-refractivity contribution in [1.82, 2.24) is 0 Å². The van der Waals surface area contributed by atoms with E-state index in [9.17, 15) is 9.90 Å². The Hall–Kier alpha value is -0.830. The molecule has 3 atom stereocenters. The van der Waals surface area contributed by atoms with Crippen LogP contribution in [0.25, 0.3) is 0 Å². The van der Waals surface area contributed by atoms with E-state index >= 15 is 0 Å². The molecule has 0 heterocycles. The Balaban J connectivity index is 3.67. The van der Waals surface area contributed by atoms with Crippen LogP contribution in [0.15, 0.2) is 12.2 Å². The van der Waals surface area contributed by atoms with E-state index in [1.54, 1.807) is 0 Å². The number of aliphatic hydroxyl groups excluding tert-OH is 1. The van der Waals surface area contributed by atoms with Crippen LogP contribution in [-0.2, 0) is 9.53 Å². The molecule has 0 radical (unpaired) electrons. The van der Waals surface area contributed by atoms with Gasteiger partial charge >= 0.3 is 5.97 Å². The van der Waals surface area contributed by atoms with Crippen LogP contribution in [0.2, 0.25) is 0 Å². The third-order valence-electron chi connectivity index (χ3n) is 4.98. The van der Waals surface area contributed by atoms with Crippen molar-refractivity contribution in [2.24, 2.45) is 17.8 Å². The quantitative estimate of drug-likeness (QED) is 0.294. The highest BCUT2D eigenvalue weighted by Gasteiger charge is 2.11. The molecule has 148 valence electrons. The molecule has 0 aliphatic rings. The first-order valence-electron chi connectivity index (χ1n) is 10.2. The van der Waals surface area contributed by atoms with Gasteiger partial charge in [0.05, 0.1) is 0 Å². The SMILES string of the molecule is C=C(CCCC(C)CCCC(C)CCCC(C)C)C(O)COC(C)=O. The van der Waals surface area contributed by atoms with E-state index in [4.69, 9.17) is 4.74 Å². The molecule has 3 nitrogen and oxygen atoms in total. The summed E-state index contributed by atoms with van der Waals surface area (Å²) >= 11 is 0. The maximum Gasteiger partial charge on any atom is 0.302 e. The van der Waals surface area contributed by atoms with E-state index in [0.29, 0.717) is 0 Å². The lowest BCUT2D eigenvalue weighted by Crippen LogP contribution is -2.19. The highest BCUT2D eigenvalue weighted by atomic mass is 16.5. The van der Waals surface area contributed by atoms with Crippen molar-refractivity contribution in [3.05, 3.63) is 12.2 Å². The van der Waals surface area contributed by atoms with Crippen LogP contribution in [0.5, 0.6) is 0 Å². The Morgan fingerprint density at radius 3 is 1.88 bits per heavy atom. The van der Waals surface area contributed by atoms with Crippen molar-refractivity contribution in [2.75, 3.05) is 6.61 Å². The fourth-order valence-corrected chi connectivity index (χ4v) is 3.14. The number of ether oxygens (including phenoxy) is 1. The lowest BCUT2D eigenvalue weighted by atomic mass is 9.91. The normalized spacial score (nSPS) is 15.0. The topological polar surface area (TPSA) is 46.5 Å². The molecule has 0 spiro atoms. The second-order valence-electron chi connectivity index (χ2n) is 8.33. The first-order chi connectivity index (χ1) is 11.7. The number of hydrogen-bond acceptors (Lipinski definition) is 3. The number of carbonyl (C=O) groups excluding carboxylic acids is 1. The average molecular weight is 355 g/mol. The Morgan fingerprint density at radius 2 is 1.40 bits per heavy atom. The lowest BCUT2D eigenvalue weighted by molar-refractivity contribution is -0.143. The second kappa shape index (κ2) is 14.4. The van der Waals surface area contributed by atoms with Crippen molar-refractivity contribution in [3.8, 4) is 0 Å². The fourth-order valence-electron chi connectivity index (χ4n) is 3.14. The zero-order chi connectivity index (χ0) is 19.2. The second-order valence-corrected chi connectivity index (χ2v) is 8.33. The summed E-state index contributed by atoms with van der Waals surface area (Å²) in [5.41, 5.74) is 0.771. The summed E-state index contributed by atoms with van der Waals surface area (Å²) in [5.74, 6) is 2.04. The summed E-state index contributed by atoms with van der Waals surface area (Å²) in [6.07, 6.45) is 10.3. The van der Waals surface area contributed by atoms with Gasteiger partial charge in [0.1, 0.15) is 12.7 Å². The number of esters is 1. The van der Waals surface area contributed by atoms with Crippen LogP contribution in [-0.4, -0.2) is 23.8 Å². The van der Waals surface area contributed by atoms with Crippen LogP contribution in [0.4, 0.5) is 0 Å². The molecule has 0 saturated heterocycles. The number of rotatable bonds is 15. The third kappa shape index (κ3) is 15.2. The lowest BCUT2D eigenvalue weighted by Gasteiger charge is -2.16. The largest absolute Gasteiger partial charge is 0.463 e. The number of carbonyl (C=O) groups is 1. The van der Waals surface area contributed by atoms with Crippen LogP contribution < -0.4 is 0 Å². The van der Waals surface area contributed by atoms with Gasteiger partial charge in [-0.3, -0.25) is 4.79 Å². The predicted molar refractivity (Wildman–Crippen MR) is 106 cm³/mol. The van der Waals surface area contributed by atoms with Gasteiger partial charge in [-0.25, -0.2) is 0 Å². The van der Waals surface area contributed by atoms with Gasteiger partial charge in [0.2, 0.25) is 0 Å². The van der Waals surface area contributed by atoms with Gasteiger partial charge in [0.25, 0.3) is 0 Å². The molecule has 0 aromatic carbocycles. The maximum absolute atomic E-state index is 10.7. The average Bonchev–Trinajstić information content (AvgIpc) is 2.51. The van der Waals surface area contributed by atoms with Gasteiger partial charge in [0, 0.05) is 6.92 Å². The Morgan fingerprint density at radius 1 is 0.920 bits per heavy atom. The van der Waals surface area contributed by atoms with E-state index in [2.05, 4.69) is 34.3 Å². The van der Waals surface area contributed by atoms with Crippen LogP contribution in [0.1, 0.15) is 92.4 Å². The Kier molecular flexibility index (Phi) is 13.9. The molecule has 0 rings (SSSR count). The zero-order valence-corrected chi connectivity index (χ0v) is 17.4. The first kappa shape index (κ1) is 24.2. The summed E-state index contributed by atoms with van der Waals surface area (Å²) < 4.78 is 4.82. The van der Waals surface area contributed by atoms with E-state index in [-0.39, 0.29) is 12.6 Å². The highest BCUT2D eigenvalue weighted by Crippen LogP contribution is 2.22. The van der Waals surface area contributed by atoms with Gasteiger partial charge in [-0.1, -0.05) is 79.2 Å². The molecule has 0 bridgehead atoms. The van der Waals surface area contributed by atoms with Gasteiger partial charge in [-0.15, -0.1) is 0 Å². The summed E-state index contributed by atoms with van der Waals surface area (Å²) in [6.45, 7) is 14.6. The van der Waals surface area contributed by atoms with Gasteiger partial charge in [0.15, 0.2) is 0 Å². The number of hydrogen-bond donors (Lipinski definition) is 1. The molecule has 0 fully saturated rings. The summed E-state index contributed by atoms with van der Waals surface area (Å²) in [5, 5.41) is 9.86. The summed E-state index contributed by atoms with van der Waals surface area (Å²) in [6, 6.07) is 0. The molecule has 0 aliphatic carbocycles. The molecule has 0 aromatic rings. The standard InChI is InChI=1S/C22H42O3/c1-17(2)10-7-11-18(3)12-8-13-19(4)14-9-15-20(5)22(24)16-25-21(6)23/h17-19,22,24H,5,7-16H2,1-4,6H3. The minimum Gasteiger partial charge on any atom is -0.463 e. The third-order valence-corrected chi connectivity index (χ3v) is 4.98. The van der Waals surface area contributed by atoms with Crippen molar-refractivity contribution >= 4 is 5.97 Å². The zero-order valence-electron chi connectivity index (χ0n) is 17.4. The maximum atomic E-state index is 10.7.